The molecule has 0 heterocycles. The van der Waals surface area contributed by atoms with Gasteiger partial charge in [0, 0.05) is 13.6 Å². The van der Waals surface area contributed by atoms with Gasteiger partial charge in [-0.05, 0) is 34.2 Å². The SMILES string of the molecule is CNC(C)(C)C(=O)N(C)CCC(C)O. The fourth-order valence-electron chi connectivity index (χ4n) is 1.07. The molecular formula is C10H22N2O2. The molecule has 1 atom stereocenters. The highest BCUT2D eigenvalue weighted by molar-refractivity contribution is 5.85. The monoisotopic (exact) mass is 202 g/mol. The molecule has 14 heavy (non-hydrogen) atoms. The molecule has 0 radical (unpaired) electrons. The number of nitrogens with one attached hydrogen (secondary N) is 1. The Morgan fingerprint density at radius 3 is 2.43 bits per heavy atom. The van der Waals surface area contributed by atoms with Crippen molar-refractivity contribution in [3.63, 3.8) is 0 Å². The first-order valence-corrected chi connectivity index (χ1v) is 4.93. The number of carbonyl (C=O) groups excluding carboxylic acids is 1. The van der Waals surface area contributed by atoms with Crippen molar-refractivity contribution in [3.8, 4) is 0 Å². The second kappa shape index (κ2) is 5.32. The Balaban J connectivity index is 4.12. The van der Waals surface area contributed by atoms with E-state index in [0.717, 1.165) is 0 Å². The quantitative estimate of drug-likeness (QED) is 0.670. The third-order valence-corrected chi connectivity index (χ3v) is 2.39. The second-order valence-corrected chi connectivity index (χ2v) is 4.24. The van der Waals surface area contributed by atoms with Crippen LogP contribution in [0.4, 0.5) is 0 Å². The van der Waals surface area contributed by atoms with Crippen LogP contribution < -0.4 is 5.32 Å². The minimum Gasteiger partial charge on any atom is -0.393 e. The van der Waals surface area contributed by atoms with E-state index >= 15 is 0 Å². The molecule has 0 saturated heterocycles. The summed E-state index contributed by atoms with van der Waals surface area (Å²) in [6.45, 7) is 5.99. The van der Waals surface area contributed by atoms with E-state index in [-0.39, 0.29) is 12.0 Å². The summed E-state index contributed by atoms with van der Waals surface area (Å²) in [5.41, 5.74) is -0.534. The first-order chi connectivity index (χ1) is 6.31. The predicted octanol–water partition coefficient (Wildman–Crippen LogP) is 0.214. The normalized spacial score (nSPS) is 13.9. The lowest BCUT2D eigenvalue weighted by Gasteiger charge is -2.29. The first-order valence-electron chi connectivity index (χ1n) is 4.93. The number of nitrogens with zero attached hydrogens (tertiary/aromatic N) is 1. The molecule has 0 bridgehead atoms. The topological polar surface area (TPSA) is 52.6 Å². The lowest BCUT2D eigenvalue weighted by Crippen LogP contribution is -2.52. The van der Waals surface area contributed by atoms with Gasteiger partial charge in [-0.25, -0.2) is 0 Å². The van der Waals surface area contributed by atoms with E-state index in [9.17, 15) is 4.79 Å². The van der Waals surface area contributed by atoms with Gasteiger partial charge in [-0.1, -0.05) is 0 Å². The van der Waals surface area contributed by atoms with E-state index < -0.39 is 5.54 Å². The summed E-state index contributed by atoms with van der Waals surface area (Å²) in [6, 6.07) is 0. The molecule has 1 unspecified atom stereocenters. The Labute approximate surface area is 86.3 Å². The first kappa shape index (κ1) is 13.4. The molecule has 0 spiro atoms. The number of hydrogen-bond donors (Lipinski definition) is 2. The summed E-state index contributed by atoms with van der Waals surface area (Å²) >= 11 is 0. The summed E-state index contributed by atoms with van der Waals surface area (Å²) in [5.74, 6) is 0.0423. The minimum absolute atomic E-state index is 0.0423. The van der Waals surface area contributed by atoms with Crippen LogP contribution in [0.5, 0.6) is 0 Å². The zero-order chi connectivity index (χ0) is 11.4. The van der Waals surface area contributed by atoms with Crippen LogP contribution in [0.25, 0.3) is 0 Å². The van der Waals surface area contributed by atoms with E-state index in [4.69, 9.17) is 5.11 Å². The van der Waals surface area contributed by atoms with Gasteiger partial charge in [0.25, 0.3) is 0 Å². The molecule has 1 amide bonds. The maximum absolute atomic E-state index is 11.8. The molecule has 84 valence electrons. The Bertz CT molecular complexity index is 191. The predicted molar refractivity (Wildman–Crippen MR) is 57.1 cm³/mol. The third kappa shape index (κ3) is 4.07. The van der Waals surface area contributed by atoms with Crippen LogP contribution in [-0.4, -0.2) is 48.2 Å². The van der Waals surface area contributed by atoms with Gasteiger partial charge in [-0.3, -0.25) is 4.79 Å². The smallest absolute Gasteiger partial charge is 0.242 e. The van der Waals surface area contributed by atoms with E-state index in [1.807, 2.05) is 13.8 Å². The third-order valence-electron chi connectivity index (χ3n) is 2.39. The Kier molecular flexibility index (Phi) is 5.08. The van der Waals surface area contributed by atoms with Crippen molar-refractivity contribution in [3.05, 3.63) is 0 Å². The van der Waals surface area contributed by atoms with Crippen molar-refractivity contribution in [2.75, 3.05) is 20.6 Å². The van der Waals surface area contributed by atoms with Crippen LogP contribution in [0.2, 0.25) is 0 Å². The molecule has 0 aliphatic heterocycles. The highest BCUT2D eigenvalue weighted by Crippen LogP contribution is 2.06. The zero-order valence-electron chi connectivity index (χ0n) is 9.79. The van der Waals surface area contributed by atoms with Crippen LogP contribution in [0, 0.1) is 0 Å². The fraction of sp³-hybridized carbons (Fsp3) is 0.900. The molecule has 0 aliphatic rings. The summed E-state index contributed by atoms with van der Waals surface area (Å²) in [7, 11) is 3.52. The maximum atomic E-state index is 11.8. The molecular weight excluding hydrogens is 180 g/mol. The number of aliphatic hydroxyl groups excluding tert-OH is 1. The van der Waals surface area contributed by atoms with Crippen LogP contribution in [-0.2, 0) is 4.79 Å². The van der Waals surface area contributed by atoms with Gasteiger partial charge in [0.1, 0.15) is 0 Å². The molecule has 0 aliphatic carbocycles. The van der Waals surface area contributed by atoms with Crippen molar-refractivity contribution >= 4 is 5.91 Å². The summed E-state index contributed by atoms with van der Waals surface area (Å²) in [4.78, 5) is 13.4. The zero-order valence-corrected chi connectivity index (χ0v) is 9.79. The highest BCUT2D eigenvalue weighted by Gasteiger charge is 2.28. The van der Waals surface area contributed by atoms with Crippen LogP contribution >= 0.6 is 0 Å². The van der Waals surface area contributed by atoms with Crippen molar-refractivity contribution < 1.29 is 9.90 Å². The van der Waals surface area contributed by atoms with E-state index in [1.165, 1.54) is 0 Å². The largest absolute Gasteiger partial charge is 0.393 e. The van der Waals surface area contributed by atoms with E-state index in [1.54, 1.807) is 25.9 Å². The second-order valence-electron chi connectivity index (χ2n) is 4.24. The highest BCUT2D eigenvalue weighted by atomic mass is 16.3. The van der Waals surface area contributed by atoms with Crippen molar-refractivity contribution in [2.45, 2.75) is 38.8 Å². The Morgan fingerprint density at radius 1 is 1.57 bits per heavy atom. The van der Waals surface area contributed by atoms with Crippen molar-refractivity contribution in [1.82, 2.24) is 10.2 Å². The number of carbonyl (C=O) groups is 1. The Hall–Kier alpha value is -0.610. The number of likely N-dealkylation sites (N-methyl/N-ethyl adjacent to an activating group) is 2. The average molecular weight is 202 g/mol. The fourth-order valence-corrected chi connectivity index (χ4v) is 1.07. The van der Waals surface area contributed by atoms with Gasteiger partial charge in [0.2, 0.25) is 5.91 Å². The van der Waals surface area contributed by atoms with Crippen LogP contribution in [0.1, 0.15) is 27.2 Å². The Morgan fingerprint density at radius 2 is 2.07 bits per heavy atom. The van der Waals surface area contributed by atoms with Gasteiger partial charge >= 0.3 is 0 Å². The molecule has 0 saturated carbocycles. The summed E-state index contributed by atoms with van der Waals surface area (Å²) in [6.07, 6.45) is 0.255. The molecule has 0 aromatic heterocycles. The van der Waals surface area contributed by atoms with Gasteiger partial charge in [0.05, 0.1) is 11.6 Å². The van der Waals surface area contributed by atoms with Gasteiger partial charge in [-0.15, -0.1) is 0 Å². The molecule has 0 aromatic rings. The summed E-state index contributed by atoms with van der Waals surface area (Å²) in [5, 5.41) is 12.0. The number of amides is 1. The number of hydrogen-bond acceptors (Lipinski definition) is 3. The van der Waals surface area contributed by atoms with E-state index in [2.05, 4.69) is 5.32 Å². The lowest BCUT2D eigenvalue weighted by molar-refractivity contribution is -0.135. The number of rotatable bonds is 5. The molecule has 4 heteroatoms. The number of aliphatic hydroxyl groups is 1. The van der Waals surface area contributed by atoms with Crippen molar-refractivity contribution in [2.24, 2.45) is 0 Å². The standard InChI is InChI=1S/C10H22N2O2/c1-8(13)6-7-12(5)9(14)10(2,3)11-4/h8,11,13H,6-7H2,1-5H3. The molecule has 4 nitrogen and oxygen atoms in total. The minimum atomic E-state index is -0.534. The van der Waals surface area contributed by atoms with Gasteiger partial charge in [0.15, 0.2) is 0 Å². The maximum Gasteiger partial charge on any atom is 0.242 e. The summed E-state index contributed by atoms with van der Waals surface area (Å²) < 4.78 is 0. The molecule has 0 fully saturated rings. The van der Waals surface area contributed by atoms with Gasteiger partial charge < -0.3 is 15.3 Å². The van der Waals surface area contributed by atoms with E-state index in [0.29, 0.717) is 13.0 Å². The molecule has 0 aromatic carbocycles. The van der Waals surface area contributed by atoms with Crippen molar-refractivity contribution in [1.29, 1.82) is 0 Å². The van der Waals surface area contributed by atoms with Crippen LogP contribution in [0.15, 0.2) is 0 Å². The average Bonchev–Trinajstić information content (AvgIpc) is 2.12. The lowest BCUT2D eigenvalue weighted by atomic mass is 10.0. The molecule has 2 N–H and O–H groups in total. The van der Waals surface area contributed by atoms with Crippen LogP contribution in [0.3, 0.4) is 0 Å². The molecule has 0 rings (SSSR count). The van der Waals surface area contributed by atoms with Gasteiger partial charge in [-0.2, -0.15) is 0 Å².